The monoisotopic (exact) mass is 274 g/mol. The first-order chi connectivity index (χ1) is 8.76. The number of hydrogen-bond donors (Lipinski definition) is 3. The molecule has 0 aliphatic carbocycles. The average molecular weight is 274 g/mol. The number of carboxylic acids is 1. The van der Waals surface area contributed by atoms with Gasteiger partial charge < -0.3 is 20.4 Å². The van der Waals surface area contributed by atoms with Crippen LogP contribution in [-0.2, 0) is 4.79 Å². The van der Waals surface area contributed by atoms with E-state index in [1.165, 1.54) is 0 Å². The van der Waals surface area contributed by atoms with Crippen molar-refractivity contribution >= 4 is 12.0 Å². The molecule has 0 heterocycles. The average Bonchev–Trinajstić information content (AvgIpc) is 2.28. The van der Waals surface area contributed by atoms with Gasteiger partial charge in [0.2, 0.25) is 0 Å². The summed E-state index contributed by atoms with van der Waals surface area (Å²) in [7, 11) is 0. The van der Waals surface area contributed by atoms with Crippen LogP contribution in [0.15, 0.2) is 0 Å². The Hall–Kier alpha value is -1.30. The Balaban J connectivity index is 4.18. The number of rotatable bonds is 8. The van der Waals surface area contributed by atoms with Crippen molar-refractivity contribution in [1.29, 1.82) is 0 Å². The van der Waals surface area contributed by atoms with E-state index in [9.17, 15) is 9.59 Å². The van der Waals surface area contributed by atoms with Gasteiger partial charge in [-0.15, -0.1) is 0 Å². The van der Waals surface area contributed by atoms with Crippen molar-refractivity contribution in [1.82, 2.24) is 10.2 Å². The fraction of sp³-hybridized carbons (Fsp3) is 0.846. The van der Waals surface area contributed by atoms with Crippen molar-refractivity contribution in [3.8, 4) is 0 Å². The van der Waals surface area contributed by atoms with E-state index in [4.69, 9.17) is 10.2 Å². The number of urea groups is 1. The van der Waals surface area contributed by atoms with Gasteiger partial charge in [-0.2, -0.15) is 0 Å². The van der Waals surface area contributed by atoms with Gasteiger partial charge in [-0.1, -0.05) is 20.8 Å². The highest BCUT2D eigenvalue weighted by Gasteiger charge is 2.20. The Morgan fingerprint density at radius 3 is 2.32 bits per heavy atom. The van der Waals surface area contributed by atoms with Crippen LogP contribution in [0.4, 0.5) is 4.79 Å². The van der Waals surface area contributed by atoms with Crippen molar-refractivity contribution in [3.05, 3.63) is 0 Å². The van der Waals surface area contributed by atoms with Gasteiger partial charge in [0.05, 0.1) is 0 Å². The molecule has 0 spiro atoms. The van der Waals surface area contributed by atoms with Crippen LogP contribution in [0.1, 0.15) is 40.0 Å². The van der Waals surface area contributed by atoms with Crippen molar-refractivity contribution in [3.63, 3.8) is 0 Å². The van der Waals surface area contributed by atoms with E-state index in [1.54, 1.807) is 4.90 Å². The zero-order valence-electron chi connectivity index (χ0n) is 12.1. The number of aliphatic carboxylic acids is 1. The topological polar surface area (TPSA) is 89.9 Å². The minimum absolute atomic E-state index is 0.0200. The first-order valence-corrected chi connectivity index (χ1v) is 6.61. The van der Waals surface area contributed by atoms with Crippen LogP contribution in [0, 0.1) is 5.41 Å². The SMILES string of the molecule is CC(C)(C)CN(CCCO)C(=O)NCCCC(=O)O. The van der Waals surface area contributed by atoms with Crippen LogP contribution in [0.5, 0.6) is 0 Å². The molecule has 0 rings (SSSR count). The molecule has 0 aromatic heterocycles. The van der Waals surface area contributed by atoms with Crippen molar-refractivity contribution in [2.24, 2.45) is 5.41 Å². The number of carbonyl (C=O) groups is 2. The van der Waals surface area contributed by atoms with Crippen LogP contribution in [0.2, 0.25) is 0 Å². The zero-order chi connectivity index (χ0) is 14.9. The van der Waals surface area contributed by atoms with Crippen LogP contribution in [0.25, 0.3) is 0 Å². The van der Waals surface area contributed by atoms with Crippen LogP contribution in [-0.4, -0.2) is 53.4 Å². The number of aliphatic hydroxyl groups excluding tert-OH is 1. The molecule has 3 N–H and O–H groups in total. The van der Waals surface area contributed by atoms with E-state index in [2.05, 4.69) is 5.32 Å². The van der Waals surface area contributed by atoms with Gasteiger partial charge in [0.15, 0.2) is 0 Å². The number of nitrogens with one attached hydrogen (secondary N) is 1. The lowest BCUT2D eigenvalue weighted by Gasteiger charge is -2.30. The summed E-state index contributed by atoms with van der Waals surface area (Å²) in [5.41, 5.74) is -0.0200. The minimum Gasteiger partial charge on any atom is -0.481 e. The van der Waals surface area contributed by atoms with E-state index in [0.717, 1.165) is 0 Å². The largest absolute Gasteiger partial charge is 0.481 e. The number of carbonyl (C=O) groups excluding carboxylic acids is 1. The summed E-state index contributed by atoms with van der Waals surface area (Å²) in [6.07, 6.45) is 1.01. The summed E-state index contributed by atoms with van der Waals surface area (Å²) in [5, 5.41) is 20.1. The van der Waals surface area contributed by atoms with Crippen molar-refractivity contribution in [2.45, 2.75) is 40.0 Å². The van der Waals surface area contributed by atoms with Crippen LogP contribution >= 0.6 is 0 Å². The molecule has 0 aromatic carbocycles. The first-order valence-electron chi connectivity index (χ1n) is 6.61. The summed E-state index contributed by atoms with van der Waals surface area (Å²) in [6.45, 7) is 7.61. The minimum atomic E-state index is -0.860. The second-order valence-corrected chi connectivity index (χ2v) is 5.79. The molecule has 0 aromatic rings. The van der Waals surface area contributed by atoms with Gasteiger partial charge in [0, 0.05) is 32.7 Å². The molecule has 0 saturated heterocycles. The second-order valence-electron chi connectivity index (χ2n) is 5.79. The van der Waals surface area contributed by atoms with Crippen molar-refractivity contribution in [2.75, 3.05) is 26.2 Å². The highest BCUT2D eigenvalue weighted by molar-refractivity contribution is 5.74. The number of amides is 2. The molecule has 0 radical (unpaired) electrons. The first kappa shape index (κ1) is 17.7. The molecular formula is C13H26N2O4. The number of carboxylic acid groups (broad SMARTS) is 1. The second kappa shape index (κ2) is 8.74. The quantitative estimate of drug-likeness (QED) is 0.582. The van der Waals surface area contributed by atoms with E-state index in [0.29, 0.717) is 32.5 Å². The number of hydrogen-bond acceptors (Lipinski definition) is 3. The Labute approximate surface area is 114 Å². The Bertz CT molecular complexity index is 287. The molecule has 0 saturated carbocycles. The van der Waals surface area contributed by atoms with Gasteiger partial charge in [-0.25, -0.2) is 4.79 Å². The third-order valence-corrected chi connectivity index (χ3v) is 2.38. The van der Waals surface area contributed by atoms with Crippen LogP contribution in [0.3, 0.4) is 0 Å². The Morgan fingerprint density at radius 1 is 1.21 bits per heavy atom. The van der Waals surface area contributed by atoms with Crippen molar-refractivity contribution < 1.29 is 19.8 Å². The predicted octanol–water partition coefficient (Wildman–Crippen LogP) is 1.29. The lowest BCUT2D eigenvalue weighted by Crippen LogP contribution is -2.45. The van der Waals surface area contributed by atoms with Gasteiger partial charge in [-0.3, -0.25) is 4.79 Å². The third kappa shape index (κ3) is 10.3. The Kier molecular flexibility index (Phi) is 8.14. The molecule has 0 fully saturated rings. The molecular weight excluding hydrogens is 248 g/mol. The lowest BCUT2D eigenvalue weighted by molar-refractivity contribution is -0.137. The molecule has 112 valence electrons. The highest BCUT2D eigenvalue weighted by Crippen LogP contribution is 2.15. The highest BCUT2D eigenvalue weighted by atomic mass is 16.4. The summed E-state index contributed by atoms with van der Waals surface area (Å²) in [5.74, 6) is -0.860. The smallest absolute Gasteiger partial charge is 0.317 e. The van der Waals surface area contributed by atoms with Gasteiger partial charge in [0.25, 0.3) is 0 Å². The fourth-order valence-electron chi connectivity index (χ4n) is 1.63. The van der Waals surface area contributed by atoms with E-state index in [1.807, 2.05) is 20.8 Å². The molecule has 19 heavy (non-hydrogen) atoms. The molecule has 0 aliphatic rings. The summed E-state index contributed by atoms with van der Waals surface area (Å²) >= 11 is 0. The molecule has 0 bridgehead atoms. The number of aliphatic hydroxyl groups is 1. The predicted molar refractivity (Wildman–Crippen MR) is 73.0 cm³/mol. The standard InChI is InChI=1S/C13H26N2O4/c1-13(2,3)10-15(8-5-9-16)12(19)14-7-4-6-11(17)18/h16H,4-10H2,1-3H3,(H,14,19)(H,17,18). The maximum Gasteiger partial charge on any atom is 0.317 e. The molecule has 6 nitrogen and oxygen atoms in total. The summed E-state index contributed by atoms with van der Waals surface area (Å²) in [6, 6.07) is -0.200. The number of nitrogens with zero attached hydrogens (tertiary/aromatic N) is 1. The van der Waals surface area contributed by atoms with Gasteiger partial charge in [0.1, 0.15) is 0 Å². The maximum absolute atomic E-state index is 12.0. The van der Waals surface area contributed by atoms with E-state index >= 15 is 0 Å². The lowest BCUT2D eigenvalue weighted by atomic mass is 9.96. The zero-order valence-corrected chi connectivity index (χ0v) is 12.1. The van der Waals surface area contributed by atoms with E-state index in [-0.39, 0.29) is 24.5 Å². The fourth-order valence-corrected chi connectivity index (χ4v) is 1.63. The maximum atomic E-state index is 12.0. The molecule has 0 atom stereocenters. The Morgan fingerprint density at radius 2 is 1.84 bits per heavy atom. The molecule has 2 amide bonds. The molecule has 0 aliphatic heterocycles. The van der Waals surface area contributed by atoms with Crippen LogP contribution < -0.4 is 5.32 Å². The van der Waals surface area contributed by atoms with Gasteiger partial charge >= 0.3 is 12.0 Å². The third-order valence-electron chi connectivity index (χ3n) is 2.38. The molecule has 0 unspecified atom stereocenters. The summed E-state index contributed by atoms with van der Waals surface area (Å²) in [4.78, 5) is 24.0. The molecule has 6 heteroatoms. The van der Waals surface area contributed by atoms with E-state index < -0.39 is 5.97 Å². The normalized spacial score (nSPS) is 11.2. The summed E-state index contributed by atoms with van der Waals surface area (Å²) < 4.78 is 0. The van der Waals surface area contributed by atoms with Gasteiger partial charge in [-0.05, 0) is 18.3 Å².